The molecule has 1 aliphatic rings. The molecule has 4 nitrogen and oxygen atoms in total. The highest BCUT2D eigenvalue weighted by molar-refractivity contribution is 7.07. The molecule has 1 aliphatic heterocycles. The van der Waals surface area contributed by atoms with Crippen LogP contribution in [0.1, 0.15) is 23.3 Å². The van der Waals surface area contributed by atoms with Gasteiger partial charge in [0.05, 0.1) is 5.51 Å². The van der Waals surface area contributed by atoms with Crippen molar-refractivity contribution in [1.82, 2.24) is 4.98 Å². The Balaban J connectivity index is 1.67. The van der Waals surface area contributed by atoms with Crippen molar-refractivity contribution in [3.05, 3.63) is 40.8 Å². The van der Waals surface area contributed by atoms with E-state index in [1.165, 1.54) is 29.9 Å². The number of rotatable bonds is 3. The Bertz CT molecular complexity index is 545. The number of carbonyl (C=O) groups is 1. The predicted octanol–water partition coefficient (Wildman–Crippen LogP) is 3.00. The second-order valence-corrected chi connectivity index (χ2v) is 5.29. The number of nitrogens with zero attached hydrogens (tertiary/aromatic N) is 2. The molecule has 0 bridgehead atoms. The zero-order valence-corrected chi connectivity index (χ0v) is 11.3. The van der Waals surface area contributed by atoms with Gasteiger partial charge in [-0.05, 0) is 37.1 Å². The zero-order valence-electron chi connectivity index (χ0n) is 10.5. The van der Waals surface area contributed by atoms with Gasteiger partial charge < -0.3 is 10.2 Å². The third-order valence-electron chi connectivity index (χ3n) is 3.26. The van der Waals surface area contributed by atoms with Crippen LogP contribution < -0.4 is 10.2 Å². The molecule has 0 atom stereocenters. The number of amides is 1. The summed E-state index contributed by atoms with van der Waals surface area (Å²) in [6.45, 7) is 2.26. The van der Waals surface area contributed by atoms with E-state index in [-0.39, 0.29) is 5.91 Å². The standard InChI is InChI=1S/C14H15N3OS/c18-14(13-9-19-10-15-13)16-11-3-5-12(6-4-11)17-7-1-2-8-17/h3-6,9-10H,1-2,7-8H2,(H,16,18). The van der Waals surface area contributed by atoms with E-state index in [2.05, 4.69) is 27.3 Å². The van der Waals surface area contributed by atoms with Crippen molar-refractivity contribution in [2.45, 2.75) is 12.8 Å². The minimum absolute atomic E-state index is 0.157. The first-order valence-electron chi connectivity index (χ1n) is 6.37. The number of benzene rings is 1. The van der Waals surface area contributed by atoms with Crippen LogP contribution in [0.2, 0.25) is 0 Å². The molecule has 1 N–H and O–H groups in total. The molecule has 19 heavy (non-hydrogen) atoms. The molecule has 5 heteroatoms. The molecular formula is C14H15N3OS. The topological polar surface area (TPSA) is 45.2 Å². The van der Waals surface area contributed by atoms with Crippen LogP contribution in [0.15, 0.2) is 35.2 Å². The second kappa shape index (κ2) is 5.40. The van der Waals surface area contributed by atoms with Gasteiger partial charge in [0.15, 0.2) is 0 Å². The van der Waals surface area contributed by atoms with Gasteiger partial charge in [-0.15, -0.1) is 11.3 Å². The molecule has 98 valence electrons. The lowest BCUT2D eigenvalue weighted by molar-refractivity contribution is 0.102. The number of hydrogen-bond donors (Lipinski definition) is 1. The van der Waals surface area contributed by atoms with Crippen LogP contribution in [0.5, 0.6) is 0 Å². The van der Waals surface area contributed by atoms with Gasteiger partial charge in [-0.2, -0.15) is 0 Å². The van der Waals surface area contributed by atoms with Crippen LogP contribution in [0.25, 0.3) is 0 Å². The Hall–Kier alpha value is -1.88. The van der Waals surface area contributed by atoms with Gasteiger partial charge in [-0.1, -0.05) is 0 Å². The number of carbonyl (C=O) groups excluding carboxylic acids is 1. The van der Waals surface area contributed by atoms with Crippen molar-refractivity contribution in [2.24, 2.45) is 0 Å². The summed E-state index contributed by atoms with van der Waals surface area (Å²) in [6.07, 6.45) is 2.53. The van der Waals surface area contributed by atoms with E-state index in [4.69, 9.17) is 0 Å². The lowest BCUT2D eigenvalue weighted by atomic mass is 10.2. The van der Waals surface area contributed by atoms with Crippen molar-refractivity contribution in [3.8, 4) is 0 Å². The van der Waals surface area contributed by atoms with Crippen LogP contribution in [0.4, 0.5) is 11.4 Å². The molecule has 0 unspecified atom stereocenters. The van der Waals surface area contributed by atoms with Crippen molar-refractivity contribution < 1.29 is 4.79 Å². The Morgan fingerprint density at radius 1 is 1.21 bits per heavy atom. The first-order valence-corrected chi connectivity index (χ1v) is 7.32. The Kier molecular flexibility index (Phi) is 3.46. The van der Waals surface area contributed by atoms with E-state index in [0.29, 0.717) is 5.69 Å². The number of hydrogen-bond acceptors (Lipinski definition) is 4. The molecule has 1 aromatic heterocycles. The minimum atomic E-state index is -0.157. The van der Waals surface area contributed by atoms with Gasteiger partial charge in [0, 0.05) is 29.8 Å². The van der Waals surface area contributed by atoms with Crippen molar-refractivity contribution in [1.29, 1.82) is 0 Å². The molecule has 0 spiro atoms. The Morgan fingerprint density at radius 3 is 2.58 bits per heavy atom. The van der Waals surface area contributed by atoms with Crippen LogP contribution in [0.3, 0.4) is 0 Å². The van der Waals surface area contributed by atoms with E-state index in [9.17, 15) is 4.79 Å². The number of anilines is 2. The maximum Gasteiger partial charge on any atom is 0.275 e. The molecule has 1 saturated heterocycles. The summed E-state index contributed by atoms with van der Waals surface area (Å²) < 4.78 is 0. The number of aromatic nitrogens is 1. The molecule has 0 aliphatic carbocycles. The molecule has 0 saturated carbocycles. The summed E-state index contributed by atoms with van der Waals surface area (Å²) in [7, 11) is 0. The van der Waals surface area contributed by atoms with Gasteiger partial charge in [-0.25, -0.2) is 4.98 Å². The molecule has 2 heterocycles. The van der Waals surface area contributed by atoms with Crippen LogP contribution in [0, 0.1) is 0 Å². The van der Waals surface area contributed by atoms with Gasteiger partial charge in [-0.3, -0.25) is 4.79 Å². The average molecular weight is 273 g/mol. The summed E-state index contributed by atoms with van der Waals surface area (Å²) in [6, 6.07) is 8.00. The Morgan fingerprint density at radius 2 is 1.95 bits per heavy atom. The van der Waals surface area contributed by atoms with E-state index >= 15 is 0 Å². The van der Waals surface area contributed by atoms with Gasteiger partial charge >= 0.3 is 0 Å². The summed E-state index contributed by atoms with van der Waals surface area (Å²) in [5.41, 5.74) is 4.16. The van der Waals surface area contributed by atoms with Gasteiger partial charge in [0.1, 0.15) is 5.69 Å². The first kappa shape index (κ1) is 12.2. The van der Waals surface area contributed by atoms with Crippen molar-refractivity contribution in [3.63, 3.8) is 0 Å². The smallest absolute Gasteiger partial charge is 0.275 e. The fourth-order valence-electron chi connectivity index (χ4n) is 2.25. The highest BCUT2D eigenvalue weighted by Crippen LogP contribution is 2.22. The van der Waals surface area contributed by atoms with Gasteiger partial charge in [0.25, 0.3) is 5.91 Å². The number of nitrogens with one attached hydrogen (secondary N) is 1. The van der Waals surface area contributed by atoms with Crippen molar-refractivity contribution >= 4 is 28.6 Å². The summed E-state index contributed by atoms with van der Waals surface area (Å²) in [5.74, 6) is -0.157. The van der Waals surface area contributed by atoms with Crippen molar-refractivity contribution in [2.75, 3.05) is 23.3 Å². The predicted molar refractivity (Wildman–Crippen MR) is 78.0 cm³/mol. The largest absolute Gasteiger partial charge is 0.372 e. The highest BCUT2D eigenvalue weighted by atomic mass is 32.1. The van der Waals surface area contributed by atoms with Gasteiger partial charge in [0.2, 0.25) is 0 Å². The maximum atomic E-state index is 11.8. The van der Waals surface area contributed by atoms with Crippen LogP contribution >= 0.6 is 11.3 Å². The summed E-state index contributed by atoms with van der Waals surface area (Å²) in [4.78, 5) is 18.2. The Labute approximate surface area is 116 Å². The SMILES string of the molecule is O=C(Nc1ccc(N2CCCC2)cc1)c1cscn1. The minimum Gasteiger partial charge on any atom is -0.372 e. The molecule has 1 fully saturated rings. The highest BCUT2D eigenvalue weighted by Gasteiger charge is 2.12. The molecule has 3 rings (SSSR count). The summed E-state index contributed by atoms with van der Waals surface area (Å²) >= 11 is 1.42. The first-order chi connectivity index (χ1) is 9.33. The number of thiazole rings is 1. The quantitative estimate of drug-likeness (QED) is 0.935. The normalized spacial score (nSPS) is 14.6. The molecule has 2 aromatic rings. The van der Waals surface area contributed by atoms with Crippen LogP contribution in [-0.4, -0.2) is 24.0 Å². The molecular weight excluding hydrogens is 258 g/mol. The molecule has 1 aromatic carbocycles. The fraction of sp³-hybridized carbons (Fsp3) is 0.286. The van der Waals surface area contributed by atoms with E-state index < -0.39 is 0 Å². The van der Waals surface area contributed by atoms with E-state index in [1.807, 2.05) is 12.1 Å². The third-order valence-corrected chi connectivity index (χ3v) is 3.85. The third kappa shape index (κ3) is 2.76. The molecule has 0 radical (unpaired) electrons. The van der Waals surface area contributed by atoms with E-state index in [1.54, 1.807) is 10.9 Å². The zero-order chi connectivity index (χ0) is 13.1. The lowest BCUT2D eigenvalue weighted by Crippen LogP contribution is -2.17. The lowest BCUT2D eigenvalue weighted by Gasteiger charge is -2.17. The molecule has 1 amide bonds. The second-order valence-electron chi connectivity index (χ2n) is 4.57. The maximum absolute atomic E-state index is 11.8. The summed E-state index contributed by atoms with van der Waals surface area (Å²) in [5, 5.41) is 4.59. The average Bonchev–Trinajstić information content (AvgIpc) is 3.13. The van der Waals surface area contributed by atoms with E-state index in [0.717, 1.165) is 18.8 Å². The van der Waals surface area contributed by atoms with Crippen LogP contribution in [-0.2, 0) is 0 Å². The monoisotopic (exact) mass is 273 g/mol. The fourth-order valence-corrected chi connectivity index (χ4v) is 2.78.